The number of unbranched alkanes of at least 4 members (excludes halogenated alkanes) is 1. The molecule has 0 aliphatic heterocycles. The van der Waals surface area contributed by atoms with Gasteiger partial charge < -0.3 is 20.5 Å². The number of rotatable bonds is 8. The fourth-order valence-corrected chi connectivity index (χ4v) is 1.17. The fourth-order valence-electron chi connectivity index (χ4n) is 1.17. The molecule has 3 N–H and O–H groups in total. The van der Waals surface area contributed by atoms with E-state index in [1.54, 1.807) is 7.11 Å². The Hall–Kier alpha value is -1.30. The highest BCUT2D eigenvalue weighted by molar-refractivity contribution is 5.74. The third kappa shape index (κ3) is 9.26. The van der Waals surface area contributed by atoms with Gasteiger partial charge in [0, 0.05) is 20.1 Å². The number of carboxylic acid groups (broad SMARTS) is 1. The molecule has 16 heavy (non-hydrogen) atoms. The van der Waals surface area contributed by atoms with E-state index in [1.165, 1.54) is 0 Å². The summed E-state index contributed by atoms with van der Waals surface area (Å²) in [5, 5.41) is 13.7. The summed E-state index contributed by atoms with van der Waals surface area (Å²) in [5.74, 6) is -0.807. The Balaban J connectivity index is 3.40. The quantitative estimate of drug-likeness (QED) is 0.534. The fraction of sp³-hybridized carbons (Fsp3) is 0.800. The summed E-state index contributed by atoms with van der Waals surface area (Å²) < 4.78 is 4.87. The molecule has 0 bridgehead atoms. The van der Waals surface area contributed by atoms with Crippen LogP contribution in [0.2, 0.25) is 0 Å². The average Bonchev–Trinajstić information content (AvgIpc) is 2.16. The third-order valence-electron chi connectivity index (χ3n) is 1.90. The molecule has 6 nitrogen and oxygen atoms in total. The predicted octanol–water partition coefficient (Wildman–Crippen LogP) is 0.575. The molecule has 0 aromatic carbocycles. The lowest BCUT2D eigenvalue weighted by atomic mass is 10.2. The molecule has 2 amide bonds. The van der Waals surface area contributed by atoms with E-state index in [4.69, 9.17) is 9.84 Å². The molecule has 0 heterocycles. The zero-order chi connectivity index (χ0) is 12.4. The second-order valence-corrected chi connectivity index (χ2v) is 3.61. The molecular formula is C10H20N2O4. The van der Waals surface area contributed by atoms with Crippen molar-refractivity contribution in [2.75, 3.05) is 20.3 Å². The lowest BCUT2D eigenvalue weighted by molar-refractivity contribution is -0.137. The molecule has 0 saturated heterocycles. The van der Waals surface area contributed by atoms with Crippen LogP contribution in [0, 0.1) is 0 Å². The molecule has 1 atom stereocenters. The van der Waals surface area contributed by atoms with Gasteiger partial charge in [0.2, 0.25) is 0 Å². The summed E-state index contributed by atoms with van der Waals surface area (Å²) >= 11 is 0. The minimum absolute atomic E-state index is 0.0379. The summed E-state index contributed by atoms with van der Waals surface area (Å²) in [6, 6.07) is -0.288. The first-order valence-corrected chi connectivity index (χ1v) is 5.31. The van der Waals surface area contributed by atoms with Crippen molar-refractivity contribution in [3.8, 4) is 0 Å². The van der Waals surface area contributed by atoms with Gasteiger partial charge in [0.05, 0.1) is 12.6 Å². The van der Waals surface area contributed by atoms with Gasteiger partial charge in [-0.1, -0.05) is 0 Å². The Labute approximate surface area is 95.4 Å². The van der Waals surface area contributed by atoms with E-state index in [0.717, 1.165) is 0 Å². The summed E-state index contributed by atoms with van der Waals surface area (Å²) in [6.07, 6.45) is 1.38. The first-order valence-electron chi connectivity index (χ1n) is 5.31. The second kappa shape index (κ2) is 8.96. The Kier molecular flexibility index (Phi) is 8.24. The highest BCUT2D eigenvalue weighted by atomic mass is 16.5. The number of hydrogen-bond acceptors (Lipinski definition) is 3. The van der Waals surface area contributed by atoms with Crippen LogP contribution in [-0.4, -0.2) is 43.4 Å². The molecule has 1 unspecified atom stereocenters. The zero-order valence-electron chi connectivity index (χ0n) is 9.78. The summed E-state index contributed by atoms with van der Waals surface area (Å²) in [6.45, 7) is 2.79. The number of carbonyl (C=O) groups excluding carboxylic acids is 1. The van der Waals surface area contributed by atoms with Crippen LogP contribution in [0.15, 0.2) is 0 Å². The number of hydrogen-bond donors (Lipinski definition) is 3. The van der Waals surface area contributed by atoms with Crippen LogP contribution in [0.4, 0.5) is 4.79 Å². The van der Waals surface area contributed by atoms with Gasteiger partial charge in [-0.25, -0.2) is 4.79 Å². The van der Waals surface area contributed by atoms with E-state index in [2.05, 4.69) is 10.6 Å². The summed E-state index contributed by atoms with van der Waals surface area (Å²) in [7, 11) is 1.57. The first-order chi connectivity index (χ1) is 7.56. The van der Waals surface area contributed by atoms with Gasteiger partial charge >= 0.3 is 12.0 Å². The second-order valence-electron chi connectivity index (χ2n) is 3.61. The number of carbonyl (C=O) groups is 2. The maximum Gasteiger partial charge on any atom is 0.315 e. The monoisotopic (exact) mass is 232 g/mol. The van der Waals surface area contributed by atoms with E-state index in [-0.39, 0.29) is 18.5 Å². The number of methoxy groups -OCH3 is 1. The molecule has 0 aliphatic carbocycles. The van der Waals surface area contributed by atoms with Crippen molar-refractivity contribution in [1.82, 2.24) is 10.6 Å². The van der Waals surface area contributed by atoms with E-state index in [9.17, 15) is 9.59 Å². The molecule has 0 aliphatic rings. The number of carboxylic acids is 1. The van der Waals surface area contributed by atoms with Crippen molar-refractivity contribution in [3.63, 3.8) is 0 Å². The minimum atomic E-state index is -0.807. The van der Waals surface area contributed by atoms with Gasteiger partial charge in [-0.05, 0) is 19.8 Å². The number of amides is 2. The minimum Gasteiger partial charge on any atom is -0.481 e. The van der Waals surface area contributed by atoms with Gasteiger partial charge in [-0.2, -0.15) is 0 Å². The molecule has 0 saturated carbocycles. The Morgan fingerprint density at radius 1 is 1.38 bits per heavy atom. The number of aliphatic carboxylic acids is 1. The van der Waals surface area contributed by atoms with Crippen molar-refractivity contribution in [1.29, 1.82) is 0 Å². The SMILES string of the molecule is COCC(C)NC(=O)NCCCCC(=O)O. The summed E-state index contributed by atoms with van der Waals surface area (Å²) in [5.41, 5.74) is 0. The normalized spacial score (nSPS) is 11.9. The molecule has 0 spiro atoms. The Bertz CT molecular complexity index is 221. The smallest absolute Gasteiger partial charge is 0.315 e. The summed E-state index contributed by atoms with van der Waals surface area (Å²) in [4.78, 5) is 21.4. The number of ether oxygens (including phenoxy) is 1. The lowest BCUT2D eigenvalue weighted by Crippen LogP contribution is -2.42. The molecule has 0 radical (unpaired) electrons. The van der Waals surface area contributed by atoms with Crippen molar-refractivity contribution in [3.05, 3.63) is 0 Å². The van der Waals surface area contributed by atoms with E-state index < -0.39 is 5.97 Å². The van der Waals surface area contributed by atoms with Crippen LogP contribution in [0.1, 0.15) is 26.2 Å². The van der Waals surface area contributed by atoms with Crippen LogP contribution in [0.5, 0.6) is 0 Å². The van der Waals surface area contributed by atoms with E-state index >= 15 is 0 Å². The molecule has 0 fully saturated rings. The molecule has 94 valence electrons. The van der Waals surface area contributed by atoms with Crippen LogP contribution in [-0.2, 0) is 9.53 Å². The van der Waals surface area contributed by atoms with Gasteiger partial charge in [-0.3, -0.25) is 4.79 Å². The Morgan fingerprint density at radius 2 is 2.06 bits per heavy atom. The maximum atomic E-state index is 11.2. The zero-order valence-corrected chi connectivity index (χ0v) is 9.78. The van der Waals surface area contributed by atoms with Crippen molar-refractivity contribution in [2.24, 2.45) is 0 Å². The molecule has 0 aromatic heterocycles. The number of nitrogens with one attached hydrogen (secondary N) is 2. The average molecular weight is 232 g/mol. The standard InChI is InChI=1S/C10H20N2O4/c1-8(7-16-2)12-10(15)11-6-4-3-5-9(13)14/h8H,3-7H2,1-2H3,(H,13,14)(H2,11,12,15). The molecule has 0 rings (SSSR count). The van der Waals surface area contributed by atoms with Crippen molar-refractivity contribution in [2.45, 2.75) is 32.2 Å². The van der Waals surface area contributed by atoms with Gasteiger partial charge in [0.25, 0.3) is 0 Å². The largest absolute Gasteiger partial charge is 0.481 e. The van der Waals surface area contributed by atoms with Crippen LogP contribution in [0.25, 0.3) is 0 Å². The van der Waals surface area contributed by atoms with E-state index in [1.807, 2.05) is 6.92 Å². The predicted molar refractivity (Wildman–Crippen MR) is 59.4 cm³/mol. The molecule has 6 heteroatoms. The topological polar surface area (TPSA) is 87.7 Å². The van der Waals surface area contributed by atoms with Gasteiger partial charge in [-0.15, -0.1) is 0 Å². The van der Waals surface area contributed by atoms with E-state index in [0.29, 0.717) is 26.0 Å². The van der Waals surface area contributed by atoms with Gasteiger partial charge in [0.1, 0.15) is 0 Å². The first kappa shape index (κ1) is 14.7. The Morgan fingerprint density at radius 3 is 2.62 bits per heavy atom. The highest BCUT2D eigenvalue weighted by Gasteiger charge is 2.05. The van der Waals surface area contributed by atoms with Crippen LogP contribution >= 0.6 is 0 Å². The highest BCUT2D eigenvalue weighted by Crippen LogP contribution is 1.93. The molecular weight excluding hydrogens is 212 g/mol. The van der Waals surface area contributed by atoms with Crippen LogP contribution in [0.3, 0.4) is 0 Å². The third-order valence-corrected chi connectivity index (χ3v) is 1.90. The lowest BCUT2D eigenvalue weighted by Gasteiger charge is -2.13. The van der Waals surface area contributed by atoms with Gasteiger partial charge in [0.15, 0.2) is 0 Å². The van der Waals surface area contributed by atoms with Crippen molar-refractivity contribution >= 4 is 12.0 Å². The van der Waals surface area contributed by atoms with Crippen molar-refractivity contribution < 1.29 is 19.4 Å². The molecule has 0 aromatic rings. The number of urea groups is 1. The van der Waals surface area contributed by atoms with Crippen LogP contribution < -0.4 is 10.6 Å². The maximum absolute atomic E-state index is 11.2.